The number of piperazine rings is 1. The molecule has 3 heterocycles. The zero-order chi connectivity index (χ0) is 25.6. The van der Waals surface area contributed by atoms with Crippen molar-refractivity contribution in [3.63, 3.8) is 0 Å². The van der Waals surface area contributed by atoms with E-state index in [-0.39, 0.29) is 57.3 Å². The van der Waals surface area contributed by atoms with Gasteiger partial charge >= 0.3 is 6.09 Å². The molecule has 5 rings (SSSR count). The molecule has 2 aliphatic heterocycles. The van der Waals surface area contributed by atoms with Crippen LogP contribution in [0, 0.1) is 11.6 Å². The van der Waals surface area contributed by atoms with Crippen molar-refractivity contribution in [3.8, 4) is 17.1 Å². The number of nitrogens with one attached hydrogen (secondary N) is 1. The van der Waals surface area contributed by atoms with Gasteiger partial charge in [0.1, 0.15) is 17.3 Å². The van der Waals surface area contributed by atoms with E-state index < -0.39 is 23.6 Å². The summed E-state index contributed by atoms with van der Waals surface area (Å²) in [5.74, 6) is -1.64. The average Bonchev–Trinajstić information content (AvgIpc) is 3.47. The van der Waals surface area contributed by atoms with Crippen LogP contribution in [0.25, 0.3) is 11.4 Å². The molecule has 9 nitrogen and oxygen atoms in total. The lowest BCUT2D eigenvalue weighted by atomic mass is 10.1. The van der Waals surface area contributed by atoms with Crippen molar-refractivity contribution in [2.75, 3.05) is 30.4 Å². The van der Waals surface area contributed by atoms with Crippen molar-refractivity contribution >= 4 is 39.3 Å². The minimum absolute atomic E-state index is 0.0149. The number of amides is 2. The van der Waals surface area contributed by atoms with E-state index in [9.17, 15) is 19.1 Å². The van der Waals surface area contributed by atoms with E-state index in [2.05, 4.69) is 31.2 Å². The molecular weight excluding hydrogens is 540 g/mol. The fourth-order valence-electron chi connectivity index (χ4n) is 4.78. The molecule has 0 radical (unpaired) electrons. The lowest BCUT2D eigenvalue weighted by Gasteiger charge is -2.35. The van der Waals surface area contributed by atoms with Crippen LogP contribution in [0.15, 0.2) is 47.1 Å². The van der Waals surface area contributed by atoms with E-state index in [1.807, 2.05) is 0 Å². The van der Waals surface area contributed by atoms with Gasteiger partial charge in [-0.1, -0.05) is 6.07 Å². The molecule has 0 saturated carbocycles. The third-order valence-corrected chi connectivity index (χ3v) is 7.01. The van der Waals surface area contributed by atoms with Gasteiger partial charge in [-0.05, 0) is 52.7 Å². The van der Waals surface area contributed by atoms with Gasteiger partial charge in [0.15, 0.2) is 11.6 Å². The number of nitrogens with zero attached hydrogens (tertiary/aromatic N) is 4. The van der Waals surface area contributed by atoms with Crippen molar-refractivity contribution in [1.82, 2.24) is 14.9 Å². The predicted octanol–water partition coefficient (Wildman–Crippen LogP) is 4.39. The van der Waals surface area contributed by atoms with Crippen LogP contribution in [0.2, 0.25) is 0 Å². The Labute approximate surface area is 212 Å². The first-order valence-corrected chi connectivity index (χ1v) is 11.8. The van der Waals surface area contributed by atoms with Crippen LogP contribution in [0.4, 0.5) is 25.0 Å². The molecule has 12 heteroatoms. The maximum Gasteiger partial charge on any atom is 0.407 e. The average molecular weight is 560 g/mol. The Balaban J connectivity index is 1.45. The number of carbonyl (C=O) groups is 2. The van der Waals surface area contributed by atoms with Crippen LogP contribution in [0.1, 0.15) is 16.9 Å². The molecule has 2 atom stereocenters. The normalized spacial score (nSPS) is 18.4. The number of hydrogen-bond donors (Lipinski definition) is 2. The molecule has 2 amide bonds. The zero-order valence-electron chi connectivity index (χ0n) is 18.9. The summed E-state index contributed by atoms with van der Waals surface area (Å²) >= 11 is 3.20. The third-order valence-electron chi connectivity index (χ3n) is 6.40. The molecule has 2 fully saturated rings. The number of anilines is 2. The fraction of sp³-hybridized carbons (Fsp3) is 0.250. The standard InChI is InChI=1S/C24H20BrF2N5O4/c1-36-18-4-2-3-15(26)19(18)22-28-8-7-17(29-22)23(33)30-16-6-5-14(25)20(27)21(16)31-10-13-9-12(31)11-32(13)24(34)35/h2-8,12-13H,9-11H2,1H3,(H,30,33)(H,34,35). The van der Waals surface area contributed by atoms with Gasteiger partial charge in [-0.2, -0.15) is 0 Å². The summed E-state index contributed by atoms with van der Waals surface area (Å²) in [5.41, 5.74) is 0.333. The molecule has 2 saturated heterocycles. The number of likely N-dealkylation sites (tertiary alicyclic amines) is 1. The number of ether oxygens (including phenoxy) is 1. The molecule has 2 aromatic carbocycles. The van der Waals surface area contributed by atoms with Crippen LogP contribution in [0.3, 0.4) is 0 Å². The largest absolute Gasteiger partial charge is 0.496 e. The highest BCUT2D eigenvalue weighted by atomic mass is 79.9. The quantitative estimate of drug-likeness (QED) is 0.477. The summed E-state index contributed by atoms with van der Waals surface area (Å²) in [4.78, 5) is 36.0. The summed E-state index contributed by atoms with van der Waals surface area (Å²) in [7, 11) is 1.39. The second-order valence-corrected chi connectivity index (χ2v) is 9.28. The number of carboxylic acid groups (broad SMARTS) is 1. The van der Waals surface area contributed by atoms with Gasteiger partial charge < -0.3 is 25.0 Å². The smallest absolute Gasteiger partial charge is 0.407 e. The van der Waals surface area contributed by atoms with E-state index in [4.69, 9.17) is 4.74 Å². The summed E-state index contributed by atoms with van der Waals surface area (Å²) in [6.07, 6.45) is 0.897. The first-order valence-electron chi connectivity index (χ1n) is 11.0. The minimum Gasteiger partial charge on any atom is -0.496 e. The van der Waals surface area contributed by atoms with Gasteiger partial charge in [0.2, 0.25) is 0 Å². The first kappa shape index (κ1) is 23.9. The highest BCUT2D eigenvalue weighted by Gasteiger charge is 2.46. The van der Waals surface area contributed by atoms with Gasteiger partial charge in [0.25, 0.3) is 5.91 Å². The highest BCUT2D eigenvalue weighted by molar-refractivity contribution is 9.10. The monoisotopic (exact) mass is 559 g/mol. The van der Waals surface area contributed by atoms with Gasteiger partial charge in [-0.15, -0.1) is 0 Å². The Morgan fingerprint density at radius 2 is 1.97 bits per heavy atom. The SMILES string of the molecule is COc1cccc(F)c1-c1nccc(C(=O)Nc2ccc(Br)c(F)c2N2CC3CC2CN3C(=O)O)n1. The molecule has 2 unspecified atom stereocenters. The molecule has 0 spiro atoms. The van der Waals surface area contributed by atoms with Gasteiger partial charge in [0.05, 0.1) is 34.6 Å². The molecule has 2 bridgehead atoms. The van der Waals surface area contributed by atoms with Crippen LogP contribution < -0.4 is 15.0 Å². The van der Waals surface area contributed by atoms with Crippen LogP contribution in [-0.4, -0.2) is 64.3 Å². The Kier molecular flexibility index (Phi) is 6.20. The number of carbonyl (C=O) groups excluding carboxylic acids is 1. The third kappa shape index (κ3) is 4.11. The van der Waals surface area contributed by atoms with E-state index in [0.29, 0.717) is 13.0 Å². The molecule has 1 aromatic heterocycles. The lowest BCUT2D eigenvalue weighted by molar-refractivity contribution is 0.102. The number of rotatable bonds is 5. The summed E-state index contributed by atoms with van der Waals surface area (Å²) in [5, 5.41) is 12.1. The second kappa shape index (κ2) is 9.34. The molecule has 2 N–H and O–H groups in total. The Morgan fingerprint density at radius 1 is 1.17 bits per heavy atom. The number of aromatic nitrogens is 2. The maximum absolute atomic E-state index is 15.3. The van der Waals surface area contributed by atoms with Crippen molar-refractivity contribution < 1.29 is 28.2 Å². The number of methoxy groups -OCH3 is 1. The minimum atomic E-state index is -1.00. The second-order valence-electron chi connectivity index (χ2n) is 8.42. The molecule has 36 heavy (non-hydrogen) atoms. The first-order chi connectivity index (χ1) is 17.3. The van der Waals surface area contributed by atoms with E-state index in [1.54, 1.807) is 17.0 Å². The maximum atomic E-state index is 15.3. The highest BCUT2D eigenvalue weighted by Crippen LogP contribution is 2.41. The number of hydrogen-bond acceptors (Lipinski definition) is 6. The Hall–Kier alpha value is -3.80. The Bertz CT molecular complexity index is 1370. The molecule has 2 aliphatic rings. The number of halogens is 3. The van der Waals surface area contributed by atoms with Gasteiger partial charge in [0, 0.05) is 25.3 Å². The molecular formula is C24H20BrF2N5O4. The van der Waals surface area contributed by atoms with Crippen molar-refractivity contribution in [1.29, 1.82) is 0 Å². The summed E-state index contributed by atoms with van der Waals surface area (Å²) in [6.45, 7) is 0.553. The fourth-order valence-corrected chi connectivity index (χ4v) is 5.10. The van der Waals surface area contributed by atoms with Crippen molar-refractivity contribution in [2.45, 2.75) is 18.5 Å². The van der Waals surface area contributed by atoms with E-state index >= 15 is 4.39 Å². The number of fused-ring (bicyclic) bond motifs is 2. The van der Waals surface area contributed by atoms with Gasteiger partial charge in [-0.3, -0.25) is 4.79 Å². The van der Waals surface area contributed by atoms with Crippen LogP contribution in [-0.2, 0) is 0 Å². The lowest BCUT2D eigenvalue weighted by Crippen LogP contribution is -2.48. The predicted molar refractivity (Wildman–Crippen MR) is 130 cm³/mol. The molecule has 186 valence electrons. The Morgan fingerprint density at radius 3 is 2.67 bits per heavy atom. The van der Waals surface area contributed by atoms with Gasteiger partial charge in [-0.25, -0.2) is 23.5 Å². The zero-order valence-corrected chi connectivity index (χ0v) is 20.5. The summed E-state index contributed by atoms with van der Waals surface area (Å²) in [6, 6.07) is 8.20. The number of benzene rings is 2. The molecule has 3 aromatic rings. The van der Waals surface area contributed by atoms with E-state index in [0.717, 1.165) is 0 Å². The summed E-state index contributed by atoms with van der Waals surface area (Å²) < 4.78 is 35.2. The van der Waals surface area contributed by atoms with Crippen molar-refractivity contribution in [2.24, 2.45) is 0 Å². The van der Waals surface area contributed by atoms with Crippen LogP contribution in [0.5, 0.6) is 5.75 Å². The van der Waals surface area contributed by atoms with E-state index in [1.165, 1.54) is 42.5 Å². The van der Waals surface area contributed by atoms with Crippen molar-refractivity contribution in [3.05, 3.63) is 64.4 Å². The van der Waals surface area contributed by atoms with Crippen LogP contribution >= 0.6 is 15.9 Å². The topological polar surface area (TPSA) is 108 Å². The molecule has 0 aliphatic carbocycles.